The molecule has 1 aliphatic carbocycles. The van der Waals surface area contributed by atoms with E-state index in [-0.39, 0.29) is 35.5 Å². The average molecular weight is 692 g/mol. The highest BCUT2D eigenvalue weighted by atomic mass is 35.5. The highest BCUT2D eigenvalue weighted by Gasteiger charge is 2.36. The van der Waals surface area contributed by atoms with Crippen molar-refractivity contribution in [1.29, 1.82) is 0 Å². The van der Waals surface area contributed by atoms with Gasteiger partial charge in [0, 0.05) is 24.0 Å². The quantitative estimate of drug-likeness (QED) is 0.158. The van der Waals surface area contributed by atoms with Crippen LogP contribution in [0.4, 0.5) is 10.1 Å². The minimum atomic E-state index is -4.38. The van der Waals surface area contributed by atoms with E-state index in [1.54, 1.807) is 48.5 Å². The summed E-state index contributed by atoms with van der Waals surface area (Å²) in [5.41, 5.74) is 1.64. The molecule has 1 fully saturated rings. The number of nitrogens with one attached hydrogen (secondary N) is 1. The Bertz CT molecular complexity index is 1780. The monoisotopic (exact) mass is 691 g/mol. The fraction of sp³-hybridized carbons (Fsp3) is 0.297. The highest BCUT2D eigenvalue weighted by molar-refractivity contribution is 7.92. The molecular formula is C37H39ClFN3O5S. The first-order valence-electron chi connectivity index (χ1n) is 16.0. The molecule has 48 heavy (non-hydrogen) atoms. The van der Waals surface area contributed by atoms with Gasteiger partial charge < -0.3 is 15.0 Å². The summed E-state index contributed by atoms with van der Waals surface area (Å²) in [5, 5.41) is 3.56. The van der Waals surface area contributed by atoms with Crippen molar-refractivity contribution in [2.24, 2.45) is 0 Å². The summed E-state index contributed by atoms with van der Waals surface area (Å²) in [6, 6.07) is 26.2. The fourth-order valence-electron chi connectivity index (χ4n) is 5.87. The van der Waals surface area contributed by atoms with Gasteiger partial charge in [0.2, 0.25) is 11.8 Å². The lowest BCUT2D eigenvalue weighted by molar-refractivity contribution is -0.140. The molecule has 0 saturated heterocycles. The number of rotatable bonds is 14. The van der Waals surface area contributed by atoms with Gasteiger partial charge >= 0.3 is 0 Å². The Labute approximate surface area is 286 Å². The fourth-order valence-corrected chi connectivity index (χ4v) is 7.48. The number of halogens is 2. The number of amides is 2. The van der Waals surface area contributed by atoms with Crippen LogP contribution in [0.1, 0.15) is 43.7 Å². The highest BCUT2D eigenvalue weighted by Crippen LogP contribution is 2.28. The van der Waals surface area contributed by atoms with Gasteiger partial charge in [-0.2, -0.15) is 0 Å². The lowest BCUT2D eigenvalue weighted by Crippen LogP contribution is -2.54. The number of carbonyl (C=O) groups excluding carboxylic acids is 2. The number of anilines is 1. The van der Waals surface area contributed by atoms with E-state index < -0.39 is 34.3 Å². The minimum absolute atomic E-state index is 0.00718. The Kier molecular flexibility index (Phi) is 11.7. The zero-order valence-corrected chi connectivity index (χ0v) is 28.3. The van der Waals surface area contributed by atoms with Crippen molar-refractivity contribution in [1.82, 2.24) is 10.2 Å². The Morgan fingerprint density at radius 3 is 2.21 bits per heavy atom. The minimum Gasteiger partial charge on any atom is -0.494 e. The van der Waals surface area contributed by atoms with E-state index in [9.17, 15) is 22.4 Å². The van der Waals surface area contributed by atoms with Gasteiger partial charge in [0.05, 0.1) is 17.2 Å². The van der Waals surface area contributed by atoms with Crippen LogP contribution in [-0.4, -0.2) is 50.4 Å². The molecule has 1 N–H and O–H groups in total. The number of carbonyl (C=O) groups is 2. The van der Waals surface area contributed by atoms with Gasteiger partial charge in [0.15, 0.2) is 0 Å². The van der Waals surface area contributed by atoms with Crippen LogP contribution < -0.4 is 14.4 Å². The molecule has 0 aliphatic heterocycles. The van der Waals surface area contributed by atoms with Crippen LogP contribution in [0.15, 0.2) is 108 Å². The predicted molar refractivity (Wildman–Crippen MR) is 185 cm³/mol. The Hall–Kier alpha value is -4.41. The maximum Gasteiger partial charge on any atom is 0.264 e. The maximum atomic E-state index is 14.6. The van der Waals surface area contributed by atoms with E-state index in [1.165, 1.54) is 4.90 Å². The third kappa shape index (κ3) is 8.73. The van der Waals surface area contributed by atoms with E-state index in [4.69, 9.17) is 16.3 Å². The molecule has 1 aliphatic rings. The van der Waals surface area contributed by atoms with E-state index >= 15 is 0 Å². The van der Waals surface area contributed by atoms with Crippen LogP contribution in [0.5, 0.6) is 5.75 Å². The van der Waals surface area contributed by atoms with Crippen molar-refractivity contribution in [3.8, 4) is 5.75 Å². The average Bonchev–Trinajstić information content (AvgIpc) is 3.60. The Morgan fingerprint density at radius 1 is 0.917 bits per heavy atom. The van der Waals surface area contributed by atoms with E-state index in [0.717, 1.165) is 59.8 Å². The molecule has 2 amide bonds. The van der Waals surface area contributed by atoms with Crippen LogP contribution in [0.25, 0.3) is 0 Å². The number of sulfonamides is 1. The van der Waals surface area contributed by atoms with Crippen LogP contribution in [0, 0.1) is 5.82 Å². The van der Waals surface area contributed by atoms with Crippen molar-refractivity contribution in [3.63, 3.8) is 0 Å². The Balaban J connectivity index is 1.57. The maximum absolute atomic E-state index is 14.6. The van der Waals surface area contributed by atoms with Gasteiger partial charge in [-0.05, 0) is 85.5 Å². The molecule has 11 heteroatoms. The number of hydrogen-bond donors (Lipinski definition) is 1. The summed E-state index contributed by atoms with van der Waals surface area (Å²) in [4.78, 5) is 30.0. The lowest BCUT2D eigenvalue weighted by Gasteiger charge is -2.34. The van der Waals surface area contributed by atoms with Crippen molar-refractivity contribution in [2.45, 2.75) is 62.6 Å². The topological polar surface area (TPSA) is 96.0 Å². The molecule has 1 atom stereocenters. The lowest BCUT2D eigenvalue weighted by atomic mass is 10.0. The predicted octanol–water partition coefficient (Wildman–Crippen LogP) is 6.77. The molecule has 0 bridgehead atoms. The van der Waals surface area contributed by atoms with Crippen molar-refractivity contribution < 1.29 is 27.1 Å². The molecule has 5 rings (SSSR count). The first-order valence-corrected chi connectivity index (χ1v) is 17.9. The van der Waals surface area contributed by atoms with Crippen LogP contribution in [0.3, 0.4) is 0 Å². The van der Waals surface area contributed by atoms with Crippen LogP contribution in [0.2, 0.25) is 5.02 Å². The first-order chi connectivity index (χ1) is 23.2. The van der Waals surface area contributed by atoms with Gasteiger partial charge in [-0.3, -0.25) is 13.9 Å². The van der Waals surface area contributed by atoms with E-state index in [1.807, 2.05) is 37.3 Å². The second kappa shape index (κ2) is 16.1. The molecule has 1 unspecified atom stereocenters. The largest absolute Gasteiger partial charge is 0.494 e. The summed E-state index contributed by atoms with van der Waals surface area (Å²) < 4.78 is 48.7. The van der Waals surface area contributed by atoms with E-state index in [0.29, 0.717) is 22.9 Å². The number of ether oxygens (including phenoxy) is 1. The zero-order valence-electron chi connectivity index (χ0n) is 26.7. The zero-order chi connectivity index (χ0) is 34.1. The van der Waals surface area contributed by atoms with Crippen LogP contribution >= 0.6 is 11.6 Å². The third-order valence-corrected chi connectivity index (χ3v) is 10.5. The molecule has 0 heterocycles. The summed E-state index contributed by atoms with van der Waals surface area (Å²) in [6.45, 7) is 1.57. The number of hydrogen-bond acceptors (Lipinski definition) is 5. The summed E-state index contributed by atoms with van der Waals surface area (Å²) >= 11 is 6.58. The van der Waals surface area contributed by atoms with Crippen LogP contribution in [-0.2, 0) is 32.6 Å². The molecule has 8 nitrogen and oxygen atoms in total. The second-order valence-electron chi connectivity index (χ2n) is 11.7. The standard InChI is InChI=1S/C37H39ClFN3O5S/c1-2-47-32-20-18-31(19-21-32)42(48(45,46)33-22-16-29(39)17-23-33)26-36(43)41(25-28-12-6-9-15-34(28)38)35(24-27-10-4-3-5-11-27)37(44)40-30-13-7-8-14-30/h3-6,9-12,15-23,30,35H,2,7-8,13-14,24-26H2,1H3,(H,40,44). The summed E-state index contributed by atoms with van der Waals surface area (Å²) in [5.74, 6) is -1.00. The van der Waals surface area contributed by atoms with Gasteiger partial charge in [-0.25, -0.2) is 12.8 Å². The van der Waals surface area contributed by atoms with Crippen molar-refractivity contribution >= 4 is 39.1 Å². The van der Waals surface area contributed by atoms with Gasteiger partial charge in [0.1, 0.15) is 24.2 Å². The summed E-state index contributed by atoms with van der Waals surface area (Å²) in [7, 11) is -4.38. The number of nitrogens with zero attached hydrogens (tertiary/aromatic N) is 2. The summed E-state index contributed by atoms with van der Waals surface area (Å²) in [6.07, 6.45) is 3.92. The van der Waals surface area contributed by atoms with Crippen molar-refractivity contribution in [3.05, 3.63) is 125 Å². The molecular weight excluding hydrogens is 653 g/mol. The van der Waals surface area contributed by atoms with Gasteiger partial charge in [-0.1, -0.05) is 73.0 Å². The molecule has 4 aromatic rings. The molecule has 252 valence electrons. The Morgan fingerprint density at radius 2 is 1.56 bits per heavy atom. The normalized spacial score (nSPS) is 13.9. The van der Waals surface area contributed by atoms with Crippen molar-refractivity contribution in [2.75, 3.05) is 17.5 Å². The number of benzene rings is 4. The van der Waals surface area contributed by atoms with Gasteiger partial charge in [-0.15, -0.1) is 0 Å². The van der Waals surface area contributed by atoms with Gasteiger partial charge in [0.25, 0.3) is 10.0 Å². The molecule has 0 radical (unpaired) electrons. The molecule has 0 aromatic heterocycles. The second-order valence-corrected chi connectivity index (χ2v) is 14.0. The third-order valence-electron chi connectivity index (χ3n) is 8.39. The first kappa shape index (κ1) is 34.9. The van der Waals surface area contributed by atoms with E-state index in [2.05, 4.69) is 5.32 Å². The molecule has 1 saturated carbocycles. The molecule has 4 aromatic carbocycles. The SMILES string of the molecule is CCOc1ccc(N(CC(=O)N(Cc2ccccc2Cl)C(Cc2ccccc2)C(=O)NC2CCCC2)S(=O)(=O)c2ccc(F)cc2)cc1. The molecule has 0 spiro atoms. The smallest absolute Gasteiger partial charge is 0.264 e.